The van der Waals surface area contributed by atoms with E-state index in [1.54, 1.807) is 47.3 Å². The van der Waals surface area contributed by atoms with E-state index in [-0.39, 0.29) is 91.4 Å². The van der Waals surface area contributed by atoms with E-state index >= 15 is 0 Å². The van der Waals surface area contributed by atoms with Crippen LogP contribution < -0.4 is 20.9 Å². The SMILES string of the molecule is Cc1ncsc1-c1ccc(NC(=O)[C@@H]2C[C@@H](O)CN2C(=O)[C@@H](CC(=O)CCOCCOCCOCCOCCOCCNCc2ccnc3c(NC(=O)c4ccc(N5C(=O)[C@@H]6[C@@H]7C=CC(C7)[C@@H]6C5=O)cc4)cccc23)C(C)(C)C)cc1. The van der Waals surface area contributed by atoms with E-state index in [2.05, 4.69) is 38.1 Å². The number of nitrogens with zero attached hydrogens (tertiary/aromatic N) is 4. The number of carbonyl (C=O) groups excluding carboxylic acids is 6. The highest BCUT2D eigenvalue weighted by Gasteiger charge is 2.59. The number of benzene rings is 3. The van der Waals surface area contributed by atoms with Gasteiger partial charge in [0.1, 0.15) is 11.8 Å². The van der Waals surface area contributed by atoms with Gasteiger partial charge in [-0.2, -0.15) is 0 Å². The Hall–Kier alpha value is -6.62. The fourth-order valence-electron chi connectivity index (χ4n) is 11.2. The highest BCUT2D eigenvalue weighted by Crippen LogP contribution is 2.53. The zero-order valence-corrected chi connectivity index (χ0v) is 47.3. The molecule has 2 aliphatic carbocycles. The predicted octanol–water partition coefficient (Wildman–Crippen LogP) is 7.02. The minimum absolute atomic E-state index is 0.00879. The number of para-hydroxylation sites is 1. The Kier molecular flexibility index (Phi) is 20.0. The molecular weight excluding hydrogens is 1050 g/mol. The van der Waals surface area contributed by atoms with Gasteiger partial charge in [-0.3, -0.25) is 38.7 Å². The van der Waals surface area contributed by atoms with Crippen molar-refractivity contribution in [3.8, 4) is 10.4 Å². The molecule has 1 saturated carbocycles. The van der Waals surface area contributed by atoms with Crippen molar-refractivity contribution in [2.75, 3.05) is 94.7 Å². The van der Waals surface area contributed by atoms with Crippen LogP contribution in [0.15, 0.2) is 96.7 Å². The third kappa shape index (κ3) is 14.5. The van der Waals surface area contributed by atoms with Gasteiger partial charge in [0, 0.05) is 67.6 Å². The number of hydrogen-bond acceptors (Lipinski definition) is 16. The molecule has 4 N–H and O–H groups in total. The first kappa shape index (κ1) is 59.0. The summed E-state index contributed by atoms with van der Waals surface area (Å²) in [7, 11) is 0. The number of Topliss-reactive ketones (excluding diaryl/α,β-unsaturated/α-hetero) is 1. The van der Waals surface area contributed by atoms with Crippen molar-refractivity contribution >= 4 is 74.6 Å². The molecule has 9 rings (SSSR count). The number of aliphatic hydroxyl groups is 1. The van der Waals surface area contributed by atoms with Gasteiger partial charge in [-0.25, -0.2) is 4.98 Å². The second-order valence-corrected chi connectivity index (χ2v) is 22.9. The second-order valence-electron chi connectivity index (χ2n) is 22.1. The van der Waals surface area contributed by atoms with Gasteiger partial charge in [-0.15, -0.1) is 11.3 Å². The number of thiazole rings is 1. The van der Waals surface area contributed by atoms with E-state index in [4.69, 9.17) is 23.7 Å². The van der Waals surface area contributed by atoms with Gasteiger partial charge in [0.2, 0.25) is 23.6 Å². The normalized spacial score (nSPS) is 20.6. The van der Waals surface area contributed by atoms with Crippen LogP contribution in [0, 0.1) is 41.9 Å². The molecule has 2 aromatic heterocycles. The van der Waals surface area contributed by atoms with Crippen LogP contribution in [0.3, 0.4) is 0 Å². The van der Waals surface area contributed by atoms with E-state index in [0.29, 0.717) is 101 Å². The molecule has 3 fully saturated rings. The fraction of sp³-hybridized carbons (Fsp3) is 0.475. The molecule has 20 heteroatoms. The number of allylic oxidation sites excluding steroid dienone is 2. The van der Waals surface area contributed by atoms with Gasteiger partial charge in [0.25, 0.3) is 5.91 Å². The van der Waals surface area contributed by atoms with E-state index < -0.39 is 23.5 Å². The first-order chi connectivity index (χ1) is 39.2. The Balaban J connectivity index is 0.580. The van der Waals surface area contributed by atoms with Crippen LogP contribution in [0.2, 0.25) is 0 Å². The lowest BCUT2D eigenvalue weighted by Gasteiger charge is -2.34. The average molecular weight is 1130 g/mol. The summed E-state index contributed by atoms with van der Waals surface area (Å²) >= 11 is 1.54. The summed E-state index contributed by atoms with van der Waals surface area (Å²) in [5.74, 6) is -2.48. The van der Waals surface area contributed by atoms with Crippen molar-refractivity contribution in [3.05, 3.63) is 113 Å². The number of aliphatic hydroxyl groups excluding tert-OH is 1. The Morgan fingerprint density at radius 3 is 2.00 bits per heavy atom. The molecule has 0 spiro atoms. The summed E-state index contributed by atoms with van der Waals surface area (Å²) in [6, 6.07) is 20.7. The molecule has 19 nitrogen and oxygen atoms in total. The number of carbonyl (C=O) groups is 6. The molecule has 5 aromatic rings. The van der Waals surface area contributed by atoms with Crippen LogP contribution in [-0.4, -0.2) is 147 Å². The Morgan fingerprint density at radius 1 is 0.753 bits per heavy atom. The molecule has 81 heavy (non-hydrogen) atoms. The molecule has 2 aliphatic heterocycles. The third-order valence-electron chi connectivity index (χ3n) is 15.5. The first-order valence-corrected chi connectivity index (χ1v) is 28.8. The molecule has 2 bridgehead atoms. The number of pyridine rings is 1. The molecule has 0 radical (unpaired) electrons. The van der Waals surface area contributed by atoms with Crippen LogP contribution >= 0.6 is 11.3 Å². The molecular formula is C61H73N7O12S. The summed E-state index contributed by atoms with van der Waals surface area (Å²) in [5.41, 5.74) is 6.83. The number of β-amino-alcohol motifs (C(OH)–C–C–N with tert-alkyl or cyclic N) is 1. The highest BCUT2D eigenvalue weighted by molar-refractivity contribution is 7.13. The van der Waals surface area contributed by atoms with Gasteiger partial charge in [-0.1, -0.05) is 57.2 Å². The zero-order chi connectivity index (χ0) is 57.0. The van der Waals surface area contributed by atoms with Crippen LogP contribution in [0.5, 0.6) is 0 Å². The first-order valence-electron chi connectivity index (χ1n) is 27.9. The number of anilines is 3. The summed E-state index contributed by atoms with van der Waals surface area (Å²) in [6.07, 6.45) is 6.10. The monoisotopic (exact) mass is 1130 g/mol. The highest BCUT2D eigenvalue weighted by atomic mass is 32.1. The number of amides is 5. The summed E-state index contributed by atoms with van der Waals surface area (Å²) < 4.78 is 28.2. The van der Waals surface area contributed by atoms with Gasteiger partial charge in [-0.05, 0) is 90.3 Å². The minimum atomic E-state index is -0.873. The standard InChI is InChI=1S/C61H73N7O12S/c1-38-55(81-37-64-38)39-10-14-44(15-11-39)65-57(72)51-34-47(70)36-67(51)58(73)49(61(2,3)4)33-46(69)19-22-76-24-26-78-28-30-80-31-29-79-27-25-77-23-21-62-35-43-18-20-63-54-48(43)6-5-7-50(54)66-56(71)40-12-16-45(17-13-40)68-59(74)52-41-8-9-42(32-41)53(52)60(68)75/h5-18,20,37,41-42,47,49,51-53,62,70H,19,21-36H2,1-4H3,(H,65,72)(H,66,71)/t41-,42?,47-,49-,51+,52-,53+/m1/s1. The summed E-state index contributed by atoms with van der Waals surface area (Å²) in [5, 5.41) is 20.8. The van der Waals surface area contributed by atoms with Crippen molar-refractivity contribution in [2.24, 2.45) is 35.0 Å². The van der Waals surface area contributed by atoms with E-state index in [0.717, 1.165) is 33.5 Å². The Labute approximate surface area is 476 Å². The average Bonchev–Trinajstić information content (AvgIpc) is 4.47. The quantitative estimate of drug-likeness (QED) is 0.0214. The van der Waals surface area contributed by atoms with Gasteiger partial charge in [0.05, 0.1) is 117 Å². The lowest BCUT2D eigenvalue weighted by molar-refractivity contribution is -0.145. The van der Waals surface area contributed by atoms with Crippen molar-refractivity contribution in [1.29, 1.82) is 0 Å². The number of ether oxygens (including phenoxy) is 5. The molecule has 5 amide bonds. The van der Waals surface area contributed by atoms with Gasteiger partial charge in [0.15, 0.2) is 0 Å². The van der Waals surface area contributed by atoms with Crippen LogP contribution in [0.25, 0.3) is 21.3 Å². The van der Waals surface area contributed by atoms with Crippen LogP contribution in [0.1, 0.15) is 68.1 Å². The van der Waals surface area contributed by atoms with Crippen molar-refractivity contribution in [3.63, 3.8) is 0 Å². The smallest absolute Gasteiger partial charge is 0.255 e. The number of ketones is 1. The number of imide groups is 1. The maximum Gasteiger partial charge on any atom is 0.255 e. The number of nitrogens with one attached hydrogen (secondary N) is 3. The Morgan fingerprint density at radius 2 is 1.38 bits per heavy atom. The van der Waals surface area contributed by atoms with Crippen molar-refractivity contribution in [1.82, 2.24) is 20.2 Å². The fourth-order valence-corrected chi connectivity index (χ4v) is 12.1. The number of aromatic nitrogens is 2. The lowest BCUT2D eigenvalue weighted by Crippen LogP contribution is -2.48. The molecule has 1 unspecified atom stereocenters. The second kappa shape index (κ2) is 27.4. The number of hydrogen-bond donors (Lipinski definition) is 4. The predicted molar refractivity (Wildman–Crippen MR) is 306 cm³/mol. The molecule has 430 valence electrons. The topological polar surface area (TPSA) is 237 Å². The number of rotatable bonds is 29. The summed E-state index contributed by atoms with van der Waals surface area (Å²) in [4.78, 5) is 93.3. The molecule has 7 atom stereocenters. The van der Waals surface area contributed by atoms with E-state index in [9.17, 15) is 33.9 Å². The van der Waals surface area contributed by atoms with Crippen molar-refractivity contribution in [2.45, 2.75) is 72.1 Å². The molecule has 4 aliphatic rings. The van der Waals surface area contributed by atoms with Gasteiger partial charge >= 0.3 is 0 Å². The third-order valence-corrected chi connectivity index (χ3v) is 16.5. The number of aryl methyl sites for hydroxylation is 1. The largest absolute Gasteiger partial charge is 0.391 e. The maximum absolute atomic E-state index is 14.0. The number of likely N-dealkylation sites (tertiary alicyclic amines) is 1. The zero-order valence-electron chi connectivity index (χ0n) is 46.4. The van der Waals surface area contributed by atoms with Gasteiger partial charge < -0.3 is 49.6 Å². The molecule has 3 aromatic carbocycles. The van der Waals surface area contributed by atoms with E-state index in [1.807, 2.05) is 76.2 Å². The molecule has 4 heterocycles. The van der Waals surface area contributed by atoms with Crippen LogP contribution in [-0.2, 0) is 54.2 Å². The minimum Gasteiger partial charge on any atom is -0.391 e. The van der Waals surface area contributed by atoms with Crippen molar-refractivity contribution < 1.29 is 57.6 Å². The Bertz CT molecular complexity index is 3020. The summed E-state index contributed by atoms with van der Waals surface area (Å²) in [6.45, 7) is 12.5. The van der Waals surface area contributed by atoms with E-state index in [1.165, 1.54) is 9.80 Å². The molecule has 2 saturated heterocycles. The maximum atomic E-state index is 14.0. The van der Waals surface area contributed by atoms with Crippen LogP contribution in [0.4, 0.5) is 17.1 Å². The number of fused-ring (bicyclic) bond motifs is 6. The lowest BCUT2D eigenvalue weighted by atomic mass is 9.76.